The van der Waals surface area contributed by atoms with E-state index in [1.165, 1.54) is 25.3 Å². The van der Waals surface area contributed by atoms with Gasteiger partial charge in [-0.05, 0) is 52.8 Å². The second-order valence-corrected chi connectivity index (χ2v) is 7.40. The summed E-state index contributed by atoms with van der Waals surface area (Å²) in [5.41, 5.74) is 0.930. The second kappa shape index (κ2) is 8.42. The van der Waals surface area contributed by atoms with Gasteiger partial charge in [0.05, 0.1) is 12.7 Å². The van der Waals surface area contributed by atoms with Crippen LogP contribution >= 0.6 is 0 Å². The third kappa shape index (κ3) is 3.88. The molecule has 158 valence electrons. The highest BCUT2D eigenvalue weighted by atomic mass is 19.1. The van der Waals surface area contributed by atoms with Crippen molar-refractivity contribution in [3.05, 3.63) is 89.5 Å². The van der Waals surface area contributed by atoms with E-state index in [4.69, 9.17) is 4.74 Å². The van der Waals surface area contributed by atoms with Crippen molar-refractivity contribution < 1.29 is 22.3 Å². The fourth-order valence-electron chi connectivity index (χ4n) is 3.83. The van der Waals surface area contributed by atoms with Crippen molar-refractivity contribution in [1.29, 1.82) is 0 Å². The molecular formula is C26H20F4O. The monoisotopic (exact) mass is 424 g/mol. The van der Waals surface area contributed by atoms with Gasteiger partial charge >= 0.3 is 0 Å². The zero-order chi connectivity index (χ0) is 22.1. The largest absolute Gasteiger partial charge is 0.494 e. The molecule has 0 atom stereocenters. The van der Waals surface area contributed by atoms with E-state index in [-0.39, 0.29) is 28.0 Å². The fourth-order valence-corrected chi connectivity index (χ4v) is 3.83. The molecule has 4 rings (SSSR count). The Hall–Kier alpha value is -3.34. The molecule has 31 heavy (non-hydrogen) atoms. The lowest BCUT2D eigenvalue weighted by Gasteiger charge is -2.12. The van der Waals surface area contributed by atoms with Crippen LogP contribution in [0.1, 0.15) is 18.9 Å². The van der Waals surface area contributed by atoms with Gasteiger partial charge in [0, 0.05) is 10.9 Å². The van der Waals surface area contributed by atoms with Crippen LogP contribution in [-0.2, 0) is 6.42 Å². The lowest BCUT2D eigenvalue weighted by molar-refractivity contribution is 0.386. The van der Waals surface area contributed by atoms with E-state index >= 15 is 4.39 Å². The van der Waals surface area contributed by atoms with Crippen LogP contribution in [-0.4, -0.2) is 7.11 Å². The number of benzene rings is 4. The van der Waals surface area contributed by atoms with Gasteiger partial charge in [0.25, 0.3) is 0 Å². The zero-order valence-corrected chi connectivity index (χ0v) is 17.1. The number of ether oxygens (including phenoxy) is 1. The molecule has 0 unspecified atom stereocenters. The minimum absolute atomic E-state index is 0.0264. The Morgan fingerprint density at radius 3 is 2.10 bits per heavy atom. The van der Waals surface area contributed by atoms with Crippen LogP contribution in [0.2, 0.25) is 0 Å². The van der Waals surface area contributed by atoms with Crippen molar-refractivity contribution in [1.82, 2.24) is 0 Å². The molecule has 0 fully saturated rings. The van der Waals surface area contributed by atoms with E-state index in [0.29, 0.717) is 5.39 Å². The van der Waals surface area contributed by atoms with Crippen molar-refractivity contribution in [3.63, 3.8) is 0 Å². The summed E-state index contributed by atoms with van der Waals surface area (Å²) < 4.78 is 63.8. The summed E-state index contributed by atoms with van der Waals surface area (Å²) in [7, 11) is 1.30. The van der Waals surface area contributed by atoms with E-state index in [0.717, 1.165) is 42.0 Å². The summed E-state index contributed by atoms with van der Waals surface area (Å²) in [6, 6.07) is 14.6. The van der Waals surface area contributed by atoms with Crippen LogP contribution < -0.4 is 4.74 Å². The summed E-state index contributed by atoms with van der Waals surface area (Å²) in [5.74, 6) is -3.11. The molecule has 0 amide bonds. The van der Waals surface area contributed by atoms with Gasteiger partial charge in [-0.25, -0.2) is 17.6 Å². The molecule has 0 bridgehead atoms. The van der Waals surface area contributed by atoms with Crippen LogP contribution in [0.3, 0.4) is 0 Å². The van der Waals surface area contributed by atoms with E-state index < -0.39 is 23.3 Å². The number of rotatable bonds is 5. The lowest BCUT2D eigenvalue weighted by Crippen LogP contribution is -1.96. The maximum absolute atomic E-state index is 15.2. The van der Waals surface area contributed by atoms with Gasteiger partial charge in [-0.2, -0.15) is 0 Å². The van der Waals surface area contributed by atoms with Crippen molar-refractivity contribution >= 4 is 10.8 Å². The Morgan fingerprint density at radius 2 is 1.45 bits per heavy atom. The number of hydrogen-bond donors (Lipinski definition) is 0. The number of aryl methyl sites for hydroxylation is 1. The highest BCUT2D eigenvalue weighted by molar-refractivity contribution is 5.89. The number of halogens is 4. The van der Waals surface area contributed by atoms with Crippen molar-refractivity contribution in [2.75, 3.05) is 7.11 Å². The smallest absolute Gasteiger partial charge is 0.165 e. The van der Waals surface area contributed by atoms with Crippen molar-refractivity contribution in [2.45, 2.75) is 19.8 Å². The van der Waals surface area contributed by atoms with Gasteiger partial charge in [-0.3, -0.25) is 0 Å². The number of fused-ring (bicyclic) bond motifs is 1. The molecule has 0 aliphatic rings. The summed E-state index contributed by atoms with van der Waals surface area (Å²) in [4.78, 5) is 0. The van der Waals surface area contributed by atoms with Crippen molar-refractivity contribution in [3.8, 4) is 28.0 Å². The van der Waals surface area contributed by atoms with Crippen LogP contribution in [0.4, 0.5) is 17.6 Å². The van der Waals surface area contributed by atoms with Gasteiger partial charge in [-0.15, -0.1) is 0 Å². The molecule has 5 heteroatoms. The van der Waals surface area contributed by atoms with Crippen LogP contribution in [0.15, 0.2) is 60.7 Å². The van der Waals surface area contributed by atoms with E-state index in [2.05, 4.69) is 6.92 Å². The minimum atomic E-state index is -0.905. The Morgan fingerprint density at radius 1 is 0.742 bits per heavy atom. The highest BCUT2D eigenvalue weighted by Crippen LogP contribution is 2.35. The molecule has 1 nitrogen and oxygen atoms in total. The quantitative estimate of drug-likeness (QED) is 0.298. The summed E-state index contributed by atoms with van der Waals surface area (Å²) in [5, 5.41) is 1.12. The molecule has 0 heterocycles. The van der Waals surface area contributed by atoms with Crippen molar-refractivity contribution in [2.24, 2.45) is 0 Å². The Bertz CT molecular complexity index is 1260. The number of hydrogen-bond acceptors (Lipinski definition) is 1. The van der Waals surface area contributed by atoms with E-state index in [9.17, 15) is 13.2 Å². The first-order valence-electron chi connectivity index (χ1n) is 9.97. The fraction of sp³-hybridized carbons (Fsp3) is 0.154. The molecule has 0 saturated carbocycles. The standard InChI is InChI=1S/C26H20F4O/c1-3-4-15-5-8-19-16(11-15)6-9-20(26(19)30)18-13-22(28)25(23(29)14-18)17-7-10-24(31-2)21(27)12-17/h5-14H,3-4H2,1-2H3. The molecule has 0 radical (unpaired) electrons. The molecule has 4 aromatic rings. The first-order valence-corrected chi connectivity index (χ1v) is 9.97. The van der Waals surface area contributed by atoms with Gasteiger partial charge in [0.1, 0.15) is 17.5 Å². The zero-order valence-electron chi connectivity index (χ0n) is 17.1. The molecule has 0 aromatic heterocycles. The molecule has 0 aliphatic carbocycles. The van der Waals surface area contributed by atoms with Gasteiger partial charge < -0.3 is 4.74 Å². The lowest BCUT2D eigenvalue weighted by atomic mass is 9.95. The third-order valence-electron chi connectivity index (χ3n) is 5.35. The molecule has 0 saturated heterocycles. The minimum Gasteiger partial charge on any atom is -0.494 e. The Kier molecular flexibility index (Phi) is 5.68. The van der Waals surface area contributed by atoms with E-state index in [1.807, 2.05) is 12.1 Å². The van der Waals surface area contributed by atoms with Crippen LogP contribution in [0.25, 0.3) is 33.0 Å². The van der Waals surface area contributed by atoms with Crippen LogP contribution in [0, 0.1) is 23.3 Å². The summed E-state index contributed by atoms with van der Waals surface area (Å²) >= 11 is 0. The molecular weight excluding hydrogens is 404 g/mol. The average molecular weight is 424 g/mol. The Labute approximate surface area is 177 Å². The van der Waals surface area contributed by atoms with Gasteiger partial charge in [-0.1, -0.05) is 49.7 Å². The normalized spacial score (nSPS) is 11.2. The molecule has 0 aliphatic heterocycles. The summed E-state index contributed by atoms with van der Waals surface area (Å²) in [6.07, 6.45) is 1.87. The predicted octanol–water partition coefficient (Wildman–Crippen LogP) is 7.69. The van der Waals surface area contributed by atoms with E-state index in [1.54, 1.807) is 12.1 Å². The third-order valence-corrected chi connectivity index (χ3v) is 5.35. The topological polar surface area (TPSA) is 9.23 Å². The highest BCUT2D eigenvalue weighted by Gasteiger charge is 2.18. The van der Waals surface area contributed by atoms with Gasteiger partial charge in [0.2, 0.25) is 0 Å². The van der Waals surface area contributed by atoms with Crippen LogP contribution in [0.5, 0.6) is 5.75 Å². The first kappa shape index (κ1) is 20.9. The van der Waals surface area contributed by atoms with Gasteiger partial charge in [0.15, 0.2) is 11.6 Å². The average Bonchev–Trinajstić information content (AvgIpc) is 2.74. The molecule has 0 N–H and O–H groups in total. The maximum atomic E-state index is 15.2. The predicted molar refractivity (Wildman–Crippen MR) is 115 cm³/mol. The molecule has 0 spiro atoms. The SMILES string of the molecule is CCCc1ccc2c(F)c(-c3cc(F)c(-c4ccc(OC)c(F)c4)c(F)c3)ccc2c1. The number of methoxy groups -OCH3 is 1. The summed E-state index contributed by atoms with van der Waals surface area (Å²) in [6.45, 7) is 2.07. The molecule has 4 aromatic carbocycles. The maximum Gasteiger partial charge on any atom is 0.165 e. The first-order chi connectivity index (χ1) is 14.9. The second-order valence-electron chi connectivity index (χ2n) is 7.40. The Balaban J connectivity index is 1.79.